The Kier molecular flexibility index (Phi) is 5.39. The zero-order valence-corrected chi connectivity index (χ0v) is 14.5. The lowest BCUT2D eigenvalue weighted by Gasteiger charge is -2.24. The molecule has 2 aromatic carbocycles. The summed E-state index contributed by atoms with van der Waals surface area (Å²) in [5, 5.41) is 9.42. The molecule has 0 saturated carbocycles. The summed E-state index contributed by atoms with van der Waals surface area (Å²) < 4.78 is 0. The number of aryl methyl sites for hydroxylation is 1. The Morgan fingerprint density at radius 1 is 1.04 bits per heavy atom. The number of carboxylic acid groups (broad SMARTS) is 1. The quantitative estimate of drug-likeness (QED) is 0.888. The average molecular weight is 325 g/mol. The summed E-state index contributed by atoms with van der Waals surface area (Å²) >= 11 is 0. The molecule has 4 heteroatoms. The van der Waals surface area contributed by atoms with Crippen LogP contribution in [0.3, 0.4) is 0 Å². The number of hydrogen-bond acceptors (Lipinski definition) is 2. The highest BCUT2D eigenvalue weighted by atomic mass is 16.4. The number of carboxylic acids is 1. The topological polar surface area (TPSA) is 57.6 Å². The van der Waals surface area contributed by atoms with Crippen LogP contribution in [-0.4, -0.2) is 23.5 Å². The molecule has 0 heterocycles. The van der Waals surface area contributed by atoms with Crippen molar-refractivity contribution in [2.24, 2.45) is 5.92 Å². The lowest BCUT2D eigenvalue weighted by Crippen LogP contribution is -2.34. The molecule has 0 spiro atoms. The summed E-state index contributed by atoms with van der Waals surface area (Å²) in [6.07, 6.45) is 0. The molecule has 0 aliphatic carbocycles. The summed E-state index contributed by atoms with van der Waals surface area (Å²) in [6, 6.07) is 13.0. The zero-order valence-electron chi connectivity index (χ0n) is 14.5. The minimum absolute atomic E-state index is 0.0186. The second kappa shape index (κ2) is 7.30. The zero-order chi connectivity index (χ0) is 17.9. The summed E-state index contributed by atoms with van der Waals surface area (Å²) in [5.74, 6) is -1.17. The molecule has 24 heavy (non-hydrogen) atoms. The molecule has 0 atom stereocenters. The molecule has 0 aliphatic rings. The molecule has 0 aromatic heterocycles. The minimum atomic E-state index is -1.00. The minimum Gasteiger partial charge on any atom is -0.478 e. The molecule has 0 aliphatic heterocycles. The number of carbonyl (C=O) groups excluding carboxylic acids is 1. The molecule has 126 valence electrons. The van der Waals surface area contributed by atoms with Crippen molar-refractivity contribution in [1.29, 1.82) is 0 Å². The first-order chi connectivity index (χ1) is 11.3. The molecule has 1 amide bonds. The van der Waals surface area contributed by atoms with E-state index in [2.05, 4.69) is 0 Å². The van der Waals surface area contributed by atoms with E-state index in [0.717, 1.165) is 16.7 Å². The summed E-state index contributed by atoms with van der Waals surface area (Å²) in [7, 11) is 0. The first-order valence-corrected chi connectivity index (χ1v) is 8.10. The molecule has 0 radical (unpaired) electrons. The smallest absolute Gasteiger partial charge is 0.335 e. The van der Waals surface area contributed by atoms with Crippen molar-refractivity contribution in [3.05, 3.63) is 53.6 Å². The first kappa shape index (κ1) is 17.7. The monoisotopic (exact) mass is 325 g/mol. The van der Waals surface area contributed by atoms with E-state index in [-0.39, 0.29) is 17.4 Å². The van der Waals surface area contributed by atoms with E-state index in [1.807, 2.05) is 58.0 Å². The van der Waals surface area contributed by atoms with E-state index in [0.29, 0.717) is 12.2 Å². The van der Waals surface area contributed by atoms with Gasteiger partial charge in [-0.05, 0) is 43.2 Å². The van der Waals surface area contributed by atoms with Crippen LogP contribution < -0.4 is 4.90 Å². The molecule has 2 rings (SSSR count). The molecule has 0 unspecified atom stereocenters. The van der Waals surface area contributed by atoms with Crippen LogP contribution in [0, 0.1) is 12.8 Å². The SMILES string of the molecule is CCN(C(=O)C(C)C)c1cc(C(=O)O)cc(-c2ccc(C)cc2)c1. The third kappa shape index (κ3) is 3.82. The fraction of sp³-hybridized carbons (Fsp3) is 0.300. The van der Waals surface area contributed by atoms with Gasteiger partial charge >= 0.3 is 5.97 Å². The van der Waals surface area contributed by atoms with Gasteiger partial charge in [-0.1, -0.05) is 43.7 Å². The van der Waals surface area contributed by atoms with Gasteiger partial charge in [-0.25, -0.2) is 4.79 Å². The van der Waals surface area contributed by atoms with Crippen LogP contribution in [0.1, 0.15) is 36.7 Å². The predicted octanol–water partition coefficient (Wildman–Crippen LogP) is 4.37. The van der Waals surface area contributed by atoms with E-state index < -0.39 is 5.97 Å². The van der Waals surface area contributed by atoms with Crippen molar-refractivity contribution >= 4 is 17.6 Å². The number of rotatable bonds is 5. The normalized spacial score (nSPS) is 10.7. The number of carbonyl (C=O) groups is 2. The van der Waals surface area contributed by atoms with Gasteiger partial charge < -0.3 is 10.0 Å². The average Bonchev–Trinajstić information content (AvgIpc) is 2.55. The van der Waals surface area contributed by atoms with E-state index in [1.165, 1.54) is 0 Å². The molecular weight excluding hydrogens is 302 g/mol. The van der Waals surface area contributed by atoms with Crippen molar-refractivity contribution in [3.63, 3.8) is 0 Å². The van der Waals surface area contributed by atoms with Gasteiger partial charge in [-0.2, -0.15) is 0 Å². The van der Waals surface area contributed by atoms with Crippen LogP contribution in [0.5, 0.6) is 0 Å². The van der Waals surface area contributed by atoms with Crippen molar-refractivity contribution in [2.45, 2.75) is 27.7 Å². The summed E-state index contributed by atoms with van der Waals surface area (Å²) in [5.41, 5.74) is 3.65. The van der Waals surface area contributed by atoms with Crippen molar-refractivity contribution in [3.8, 4) is 11.1 Å². The summed E-state index contributed by atoms with van der Waals surface area (Å²) in [6.45, 7) is 8.07. The second-order valence-electron chi connectivity index (χ2n) is 6.18. The Labute approximate surface area is 142 Å². The maximum Gasteiger partial charge on any atom is 0.335 e. The van der Waals surface area contributed by atoms with Gasteiger partial charge in [0.2, 0.25) is 5.91 Å². The largest absolute Gasteiger partial charge is 0.478 e. The molecule has 2 aromatic rings. The van der Waals surface area contributed by atoms with Crippen molar-refractivity contribution in [2.75, 3.05) is 11.4 Å². The van der Waals surface area contributed by atoms with Gasteiger partial charge in [-0.3, -0.25) is 4.79 Å². The van der Waals surface area contributed by atoms with Gasteiger partial charge in [0, 0.05) is 18.2 Å². The molecule has 0 saturated heterocycles. The van der Waals surface area contributed by atoms with E-state index >= 15 is 0 Å². The van der Waals surface area contributed by atoms with E-state index in [1.54, 1.807) is 17.0 Å². The standard InChI is InChI=1S/C20H23NO3/c1-5-21(19(22)13(2)3)18-11-16(10-17(12-18)20(23)24)15-8-6-14(4)7-9-15/h6-13H,5H2,1-4H3,(H,23,24). The van der Waals surface area contributed by atoms with Crippen LogP contribution in [0.2, 0.25) is 0 Å². The number of hydrogen-bond donors (Lipinski definition) is 1. The Hall–Kier alpha value is -2.62. The van der Waals surface area contributed by atoms with Gasteiger partial charge in [0.25, 0.3) is 0 Å². The van der Waals surface area contributed by atoms with Crippen molar-refractivity contribution < 1.29 is 14.7 Å². The third-order valence-corrected chi connectivity index (χ3v) is 3.94. The number of benzene rings is 2. The molecular formula is C20H23NO3. The van der Waals surface area contributed by atoms with Crippen LogP contribution in [-0.2, 0) is 4.79 Å². The third-order valence-electron chi connectivity index (χ3n) is 3.94. The van der Waals surface area contributed by atoms with Gasteiger partial charge in [0.1, 0.15) is 0 Å². The Balaban J connectivity index is 2.57. The molecule has 0 fully saturated rings. The lowest BCUT2D eigenvalue weighted by molar-refractivity contribution is -0.121. The van der Waals surface area contributed by atoms with Crippen LogP contribution in [0.15, 0.2) is 42.5 Å². The van der Waals surface area contributed by atoms with Crippen LogP contribution in [0.4, 0.5) is 5.69 Å². The van der Waals surface area contributed by atoms with E-state index in [9.17, 15) is 14.7 Å². The van der Waals surface area contributed by atoms with Gasteiger partial charge in [0.05, 0.1) is 5.56 Å². The number of anilines is 1. The van der Waals surface area contributed by atoms with Gasteiger partial charge in [-0.15, -0.1) is 0 Å². The van der Waals surface area contributed by atoms with E-state index in [4.69, 9.17) is 0 Å². The number of aromatic carboxylic acids is 1. The highest BCUT2D eigenvalue weighted by Gasteiger charge is 2.19. The lowest BCUT2D eigenvalue weighted by atomic mass is 10.00. The Morgan fingerprint density at radius 2 is 1.67 bits per heavy atom. The highest BCUT2D eigenvalue weighted by Crippen LogP contribution is 2.28. The van der Waals surface area contributed by atoms with Crippen LogP contribution in [0.25, 0.3) is 11.1 Å². The first-order valence-electron chi connectivity index (χ1n) is 8.10. The number of nitrogens with zero attached hydrogens (tertiary/aromatic N) is 1. The maximum atomic E-state index is 12.4. The highest BCUT2D eigenvalue weighted by molar-refractivity contribution is 5.98. The molecule has 1 N–H and O–H groups in total. The fourth-order valence-electron chi connectivity index (χ4n) is 2.58. The second-order valence-corrected chi connectivity index (χ2v) is 6.18. The Bertz CT molecular complexity index is 748. The Morgan fingerprint density at radius 3 is 2.17 bits per heavy atom. The summed E-state index contributed by atoms with van der Waals surface area (Å²) in [4.78, 5) is 25.6. The number of amides is 1. The fourth-order valence-corrected chi connectivity index (χ4v) is 2.58. The van der Waals surface area contributed by atoms with Crippen molar-refractivity contribution in [1.82, 2.24) is 0 Å². The van der Waals surface area contributed by atoms with Gasteiger partial charge in [0.15, 0.2) is 0 Å². The van der Waals surface area contributed by atoms with Crippen LogP contribution >= 0.6 is 0 Å². The predicted molar refractivity (Wildman–Crippen MR) is 96.4 cm³/mol. The molecule has 0 bridgehead atoms. The maximum absolute atomic E-state index is 12.4. The molecule has 4 nitrogen and oxygen atoms in total.